The minimum Gasteiger partial charge on any atom is -0.348 e. The minimum absolute atomic E-state index is 0.192. The minimum atomic E-state index is -2.91. The van der Waals surface area contributed by atoms with Crippen LogP contribution in [0.2, 0.25) is 0 Å². The summed E-state index contributed by atoms with van der Waals surface area (Å²) in [5.41, 5.74) is 1.17. The van der Waals surface area contributed by atoms with E-state index in [2.05, 4.69) is 22.0 Å². The van der Waals surface area contributed by atoms with Crippen molar-refractivity contribution in [3.8, 4) is 10.4 Å². The Morgan fingerprint density at radius 3 is 2.48 bits per heavy atom. The molecule has 0 amide bonds. The van der Waals surface area contributed by atoms with Gasteiger partial charge in [-0.3, -0.25) is 0 Å². The Morgan fingerprint density at radius 1 is 1.19 bits per heavy atom. The van der Waals surface area contributed by atoms with Crippen molar-refractivity contribution in [1.82, 2.24) is 4.98 Å². The largest absolute Gasteiger partial charge is 0.348 e. The molecule has 0 unspecified atom stereocenters. The highest BCUT2D eigenvalue weighted by molar-refractivity contribution is 7.91. The highest BCUT2D eigenvalue weighted by Crippen LogP contribution is 2.32. The van der Waals surface area contributed by atoms with Crippen molar-refractivity contribution in [2.45, 2.75) is 18.1 Å². The summed E-state index contributed by atoms with van der Waals surface area (Å²) in [6, 6.07) is 10.2. The molecule has 4 nitrogen and oxygen atoms in total. The van der Waals surface area contributed by atoms with Crippen LogP contribution < -0.4 is 4.90 Å². The number of aromatic nitrogens is 1. The Bertz CT molecular complexity index is 702. The molecule has 0 radical (unpaired) electrons. The van der Waals surface area contributed by atoms with E-state index in [4.69, 9.17) is 0 Å². The summed E-state index contributed by atoms with van der Waals surface area (Å²) >= 11 is 1.67. The monoisotopic (exact) mass is 322 g/mol. The molecule has 1 saturated heterocycles. The summed E-state index contributed by atoms with van der Waals surface area (Å²) in [5, 5.41) is 0.795. The molecule has 21 heavy (non-hydrogen) atoms. The number of sulfone groups is 1. The molecule has 1 aromatic heterocycles. The molecule has 0 N–H and O–H groups in total. The van der Waals surface area contributed by atoms with Crippen LogP contribution in [0.1, 0.15) is 12.8 Å². The van der Waals surface area contributed by atoms with Crippen molar-refractivity contribution in [2.75, 3.05) is 24.2 Å². The van der Waals surface area contributed by atoms with E-state index in [-0.39, 0.29) is 5.25 Å². The molecule has 0 spiro atoms. The van der Waals surface area contributed by atoms with Crippen molar-refractivity contribution in [3.63, 3.8) is 0 Å². The summed E-state index contributed by atoms with van der Waals surface area (Å²) in [6.45, 7) is 1.53. The molecule has 0 saturated carbocycles. The molecular formula is C15H18N2O2S2. The molecule has 112 valence electrons. The number of benzene rings is 1. The van der Waals surface area contributed by atoms with Crippen LogP contribution in [-0.2, 0) is 9.84 Å². The topological polar surface area (TPSA) is 50.3 Å². The number of thiazole rings is 1. The van der Waals surface area contributed by atoms with Gasteiger partial charge in [-0.1, -0.05) is 41.7 Å². The van der Waals surface area contributed by atoms with E-state index < -0.39 is 9.84 Å². The average Bonchev–Trinajstić information content (AvgIpc) is 2.97. The Morgan fingerprint density at radius 2 is 1.86 bits per heavy atom. The van der Waals surface area contributed by atoms with E-state index in [0.29, 0.717) is 12.8 Å². The predicted octanol–water partition coefficient (Wildman–Crippen LogP) is 2.82. The third-order valence-corrected chi connectivity index (χ3v) is 6.66. The molecule has 1 aliphatic rings. The number of hydrogen-bond donors (Lipinski definition) is 0. The van der Waals surface area contributed by atoms with Crippen LogP contribution in [0.4, 0.5) is 5.13 Å². The van der Waals surface area contributed by atoms with Gasteiger partial charge in [0, 0.05) is 25.5 Å². The van der Waals surface area contributed by atoms with Crippen LogP contribution in [0.25, 0.3) is 10.4 Å². The van der Waals surface area contributed by atoms with Crippen molar-refractivity contribution in [3.05, 3.63) is 36.5 Å². The first-order valence-corrected chi connectivity index (χ1v) is 9.76. The molecule has 0 aliphatic carbocycles. The van der Waals surface area contributed by atoms with E-state index in [1.807, 2.05) is 24.4 Å². The maximum atomic E-state index is 11.6. The molecular weight excluding hydrogens is 304 g/mol. The zero-order valence-electron chi connectivity index (χ0n) is 11.9. The van der Waals surface area contributed by atoms with Gasteiger partial charge in [-0.15, -0.1) is 0 Å². The Labute approximate surface area is 129 Å². The quantitative estimate of drug-likeness (QED) is 0.872. The van der Waals surface area contributed by atoms with Gasteiger partial charge >= 0.3 is 0 Å². The van der Waals surface area contributed by atoms with Gasteiger partial charge in [-0.25, -0.2) is 13.4 Å². The van der Waals surface area contributed by atoms with E-state index in [1.54, 1.807) is 11.3 Å². The van der Waals surface area contributed by atoms with Crippen LogP contribution in [0.3, 0.4) is 0 Å². The highest BCUT2D eigenvalue weighted by Gasteiger charge is 2.27. The lowest BCUT2D eigenvalue weighted by molar-refractivity contribution is 0.534. The molecule has 1 fully saturated rings. The lowest BCUT2D eigenvalue weighted by Crippen LogP contribution is -2.38. The van der Waals surface area contributed by atoms with E-state index >= 15 is 0 Å². The van der Waals surface area contributed by atoms with Crippen LogP contribution in [0.5, 0.6) is 0 Å². The Hall–Kier alpha value is -1.40. The van der Waals surface area contributed by atoms with Crippen LogP contribution in [-0.4, -0.2) is 38.0 Å². The summed E-state index contributed by atoms with van der Waals surface area (Å²) in [5.74, 6) is 0. The second-order valence-corrected chi connectivity index (χ2v) is 8.72. The van der Waals surface area contributed by atoms with Gasteiger partial charge in [-0.2, -0.15) is 0 Å². The molecule has 3 rings (SSSR count). The number of piperidine rings is 1. The first kappa shape index (κ1) is 14.5. The Balaban J connectivity index is 1.71. The zero-order valence-corrected chi connectivity index (χ0v) is 13.5. The predicted molar refractivity (Wildman–Crippen MR) is 87.6 cm³/mol. The lowest BCUT2D eigenvalue weighted by atomic mass is 10.1. The lowest BCUT2D eigenvalue weighted by Gasteiger charge is -2.30. The normalized spacial score (nSPS) is 17.1. The smallest absolute Gasteiger partial charge is 0.185 e. The van der Waals surface area contributed by atoms with Gasteiger partial charge in [0.15, 0.2) is 5.13 Å². The van der Waals surface area contributed by atoms with E-state index in [9.17, 15) is 8.42 Å². The van der Waals surface area contributed by atoms with Gasteiger partial charge in [0.2, 0.25) is 0 Å². The van der Waals surface area contributed by atoms with E-state index in [1.165, 1.54) is 11.8 Å². The highest BCUT2D eigenvalue weighted by atomic mass is 32.2. The second kappa shape index (κ2) is 5.77. The van der Waals surface area contributed by atoms with Gasteiger partial charge in [-0.05, 0) is 18.4 Å². The molecule has 1 aliphatic heterocycles. The average molecular weight is 322 g/mol. The van der Waals surface area contributed by atoms with Crippen molar-refractivity contribution >= 4 is 26.3 Å². The van der Waals surface area contributed by atoms with E-state index in [0.717, 1.165) is 23.1 Å². The molecule has 0 bridgehead atoms. The van der Waals surface area contributed by atoms with Crippen LogP contribution >= 0.6 is 11.3 Å². The maximum absolute atomic E-state index is 11.6. The number of anilines is 1. The number of rotatable bonds is 3. The summed E-state index contributed by atoms with van der Waals surface area (Å²) < 4.78 is 23.2. The van der Waals surface area contributed by atoms with Crippen LogP contribution in [0.15, 0.2) is 36.5 Å². The third-order valence-electron chi connectivity index (χ3n) is 3.87. The van der Waals surface area contributed by atoms with Crippen molar-refractivity contribution < 1.29 is 8.42 Å². The van der Waals surface area contributed by atoms with Crippen LogP contribution in [0, 0.1) is 0 Å². The fraction of sp³-hybridized carbons (Fsp3) is 0.400. The molecule has 1 aromatic carbocycles. The SMILES string of the molecule is CS(=O)(=O)C1CCN(c2ncc(-c3ccccc3)s2)CC1. The molecule has 2 heterocycles. The number of hydrogen-bond acceptors (Lipinski definition) is 5. The van der Waals surface area contributed by atoms with Gasteiger partial charge in [0.05, 0.1) is 10.1 Å². The van der Waals surface area contributed by atoms with Crippen molar-refractivity contribution in [1.29, 1.82) is 0 Å². The Kier molecular flexibility index (Phi) is 3.99. The fourth-order valence-corrected chi connectivity index (χ4v) is 4.66. The van der Waals surface area contributed by atoms with Crippen molar-refractivity contribution in [2.24, 2.45) is 0 Å². The maximum Gasteiger partial charge on any atom is 0.185 e. The fourth-order valence-electron chi connectivity index (χ4n) is 2.62. The first-order chi connectivity index (χ1) is 10.0. The zero-order chi connectivity index (χ0) is 14.9. The summed E-state index contributed by atoms with van der Waals surface area (Å²) in [7, 11) is -2.91. The van der Waals surface area contributed by atoms with Gasteiger partial charge < -0.3 is 4.90 Å². The van der Waals surface area contributed by atoms with Gasteiger partial charge in [0.1, 0.15) is 9.84 Å². The molecule has 2 aromatic rings. The first-order valence-electron chi connectivity index (χ1n) is 6.99. The molecule has 0 atom stereocenters. The summed E-state index contributed by atoms with van der Waals surface area (Å²) in [4.78, 5) is 7.84. The summed E-state index contributed by atoms with van der Waals surface area (Å²) in [6.07, 6.45) is 4.63. The second-order valence-electron chi connectivity index (χ2n) is 5.39. The standard InChI is InChI=1S/C15H18N2O2S2/c1-21(18,19)13-7-9-17(10-8-13)15-16-11-14(20-15)12-5-3-2-4-6-12/h2-6,11,13H,7-10H2,1H3. The third kappa shape index (κ3) is 3.27. The molecule has 6 heteroatoms. The van der Waals surface area contributed by atoms with Gasteiger partial charge in [0.25, 0.3) is 0 Å². The number of nitrogens with zero attached hydrogens (tertiary/aromatic N) is 2.